The van der Waals surface area contributed by atoms with E-state index in [9.17, 15) is 24.3 Å². The molecule has 1 aromatic carbocycles. The van der Waals surface area contributed by atoms with Crippen LogP contribution < -0.4 is 21.7 Å². The third-order valence-corrected chi connectivity index (χ3v) is 5.28. The third-order valence-electron chi connectivity index (χ3n) is 4.55. The van der Waals surface area contributed by atoms with E-state index in [1.54, 1.807) is 38.1 Å². The van der Waals surface area contributed by atoms with Gasteiger partial charge in [0.05, 0.1) is 6.04 Å². The van der Waals surface area contributed by atoms with E-state index < -0.39 is 47.9 Å². The van der Waals surface area contributed by atoms with Gasteiger partial charge in [0.2, 0.25) is 17.7 Å². The number of carboxylic acids is 1. The molecule has 0 radical (unpaired) electrons. The SMILES string of the molecule is CC(C)C(N)C(=O)NC(CS)C(=O)NC(Cc1ccccc1)C(=O)NC(CS)C(=O)O. The number of benzene rings is 1. The molecule has 0 saturated heterocycles. The fourth-order valence-corrected chi connectivity index (χ4v) is 3.06. The van der Waals surface area contributed by atoms with Crippen molar-refractivity contribution in [1.29, 1.82) is 0 Å². The Balaban J connectivity index is 2.98. The normalized spacial score (nSPS) is 14.8. The quantitative estimate of drug-likeness (QED) is 0.207. The van der Waals surface area contributed by atoms with Crippen molar-refractivity contribution in [3.05, 3.63) is 35.9 Å². The Kier molecular flexibility index (Phi) is 11.4. The average Bonchev–Trinajstić information content (AvgIpc) is 2.74. The molecule has 4 unspecified atom stereocenters. The summed E-state index contributed by atoms with van der Waals surface area (Å²) in [6.45, 7) is 3.56. The van der Waals surface area contributed by atoms with Gasteiger partial charge in [-0.3, -0.25) is 14.4 Å². The number of rotatable bonds is 12. The molecule has 9 nitrogen and oxygen atoms in total. The maximum atomic E-state index is 12.8. The number of aliphatic carboxylic acids is 1. The standard InChI is InChI=1S/C20H30N4O5S2/c1-11(2)16(21)19(27)23-14(9-30)18(26)22-13(8-12-6-4-3-5-7-12)17(25)24-15(10-31)20(28)29/h3-7,11,13-16,30-31H,8-10,21H2,1-2H3,(H,22,26)(H,23,27)(H,24,25)(H,28,29). The van der Waals surface area contributed by atoms with E-state index in [4.69, 9.17) is 5.73 Å². The molecule has 6 N–H and O–H groups in total. The highest BCUT2D eigenvalue weighted by molar-refractivity contribution is 7.80. The molecule has 0 spiro atoms. The monoisotopic (exact) mass is 470 g/mol. The minimum absolute atomic E-state index is 0.0174. The van der Waals surface area contributed by atoms with Crippen LogP contribution in [0.1, 0.15) is 19.4 Å². The summed E-state index contributed by atoms with van der Waals surface area (Å²) in [6.07, 6.45) is 0.121. The van der Waals surface area contributed by atoms with Crippen LogP contribution in [0.3, 0.4) is 0 Å². The number of nitrogens with two attached hydrogens (primary N) is 1. The highest BCUT2D eigenvalue weighted by atomic mass is 32.1. The summed E-state index contributed by atoms with van der Waals surface area (Å²) < 4.78 is 0. The summed E-state index contributed by atoms with van der Waals surface area (Å²) in [5, 5.41) is 16.7. The number of nitrogens with one attached hydrogen (secondary N) is 3. The zero-order chi connectivity index (χ0) is 23.6. The lowest BCUT2D eigenvalue weighted by Gasteiger charge is -2.25. The summed E-state index contributed by atoms with van der Waals surface area (Å²) in [7, 11) is 0. The Bertz CT molecular complexity index is 763. The van der Waals surface area contributed by atoms with Crippen LogP contribution in [0.25, 0.3) is 0 Å². The van der Waals surface area contributed by atoms with Crippen molar-refractivity contribution in [3.8, 4) is 0 Å². The molecule has 0 aliphatic rings. The number of carboxylic acid groups (broad SMARTS) is 1. The summed E-state index contributed by atoms with van der Waals surface area (Å²) in [5.74, 6) is -3.32. The van der Waals surface area contributed by atoms with E-state index in [0.29, 0.717) is 0 Å². The van der Waals surface area contributed by atoms with Gasteiger partial charge in [-0.2, -0.15) is 25.3 Å². The lowest BCUT2D eigenvalue weighted by Crippen LogP contribution is -2.58. The molecule has 0 fully saturated rings. The van der Waals surface area contributed by atoms with Crippen LogP contribution in [0.15, 0.2) is 30.3 Å². The molecule has 0 saturated carbocycles. The number of hydrogen-bond acceptors (Lipinski definition) is 7. The maximum Gasteiger partial charge on any atom is 0.327 e. The van der Waals surface area contributed by atoms with Gasteiger partial charge in [-0.25, -0.2) is 4.79 Å². The highest BCUT2D eigenvalue weighted by Crippen LogP contribution is 2.06. The fraction of sp³-hybridized carbons (Fsp3) is 0.500. The van der Waals surface area contributed by atoms with Gasteiger partial charge in [-0.05, 0) is 11.5 Å². The maximum absolute atomic E-state index is 12.8. The van der Waals surface area contributed by atoms with E-state index in [1.165, 1.54) is 0 Å². The van der Waals surface area contributed by atoms with Crippen LogP contribution in [0.4, 0.5) is 0 Å². The van der Waals surface area contributed by atoms with Crippen LogP contribution in [0.2, 0.25) is 0 Å². The number of carbonyl (C=O) groups is 4. The van der Waals surface area contributed by atoms with Gasteiger partial charge in [-0.1, -0.05) is 44.2 Å². The lowest BCUT2D eigenvalue weighted by molar-refractivity contribution is -0.141. The molecular formula is C20H30N4O5S2. The Labute approximate surface area is 192 Å². The second-order valence-electron chi connectivity index (χ2n) is 7.35. The molecular weight excluding hydrogens is 440 g/mol. The zero-order valence-electron chi connectivity index (χ0n) is 17.4. The van der Waals surface area contributed by atoms with Gasteiger partial charge in [-0.15, -0.1) is 0 Å². The number of thiol groups is 2. The Hall–Kier alpha value is -2.24. The van der Waals surface area contributed by atoms with Crippen molar-refractivity contribution in [1.82, 2.24) is 16.0 Å². The van der Waals surface area contributed by atoms with E-state index in [0.717, 1.165) is 5.56 Å². The van der Waals surface area contributed by atoms with E-state index in [-0.39, 0.29) is 23.8 Å². The van der Waals surface area contributed by atoms with Crippen molar-refractivity contribution in [2.24, 2.45) is 11.7 Å². The molecule has 0 aromatic heterocycles. The number of carbonyl (C=O) groups excluding carboxylic acids is 3. The van der Waals surface area contributed by atoms with Crippen molar-refractivity contribution in [3.63, 3.8) is 0 Å². The first kappa shape index (κ1) is 26.8. The summed E-state index contributed by atoms with van der Waals surface area (Å²) >= 11 is 8.05. The summed E-state index contributed by atoms with van der Waals surface area (Å²) in [4.78, 5) is 49.0. The van der Waals surface area contributed by atoms with Gasteiger partial charge < -0.3 is 26.8 Å². The minimum atomic E-state index is -1.24. The topological polar surface area (TPSA) is 151 Å². The highest BCUT2D eigenvalue weighted by Gasteiger charge is 2.30. The molecule has 4 atom stereocenters. The van der Waals surface area contributed by atoms with Crippen molar-refractivity contribution >= 4 is 48.9 Å². The molecule has 31 heavy (non-hydrogen) atoms. The number of hydrogen-bond donors (Lipinski definition) is 7. The molecule has 3 amide bonds. The first-order chi connectivity index (χ1) is 14.6. The second-order valence-corrected chi connectivity index (χ2v) is 8.08. The first-order valence-corrected chi connectivity index (χ1v) is 11.0. The third kappa shape index (κ3) is 8.80. The Morgan fingerprint density at radius 1 is 0.871 bits per heavy atom. The summed E-state index contributed by atoms with van der Waals surface area (Å²) in [5.41, 5.74) is 6.58. The molecule has 0 heterocycles. The van der Waals surface area contributed by atoms with Crippen LogP contribution >= 0.6 is 25.3 Å². The first-order valence-electron chi connectivity index (χ1n) is 9.75. The fourth-order valence-electron chi connectivity index (χ4n) is 2.55. The van der Waals surface area contributed by atoms with Crippen LogP contribution in [-0.4, -0.2) is 64.5 Å². The van der Waals surface area contributed by atoms with Gasteiger partial charge in [0.15, 0.2) is 0 Å². The van der Waals surface area contributed by atoms with E-state index in [1.807, 2.05) is 6.07 Å². The molecule has 0 aliphatic heterocycles. The average molecular weight is 471 g/mol. The molecule has 172 valence electrons. The van der Waals surface area contributed by atoms with Gasteiger partial charge in [0.25, 0.3) is 0 Å². The molecule has 0 bridgehead atoms. The van der Waals surface area contributed by atoms with Crippen LogP contribution in [-0.2, 0) is 25.6 Å². The van der Waals surface area contributed by atoms with E-state index >= 15 is 0 Å². The van der Waals surface area contributed by atoms with Crippen LogP contribution in [0, 0.1) is 5.92 Å². The summed E-state index contributed by atoms with van der Waals surface area (Å²) in [6, 6.07) is 4.82. The minimum Gasteiger partial charge on any atom is -0.480 e. The Morgan fingerprint density at radius 3 is 1.84 bits per heavy atom. The largest absolute Gasteiger partial charge is 0.480 e. The smallest absolute Gasteiger partial charge is 0.327 e. The van der Waals surface area contributed by atoms with Crippen molar-refractivity contribution in [2.45, 2.75) is 44.4 Å². The Morgan fingerprint density at radius 2 is 1.35 bits per heavy atom. The van der Waals surface area contributed by atoms with Gasteiger partial charge >= 0.3 is 5.97 Å². The molecule has 1 aromatic rings. The predicted molar refractivity (Wildman–Crippen MR) is 124 cm³/mol. The number of amides is 3. The van der Waals surface area contributed by atoms with Crippen LogP contribution in [0.5, 0.6) is 0 Å². The molecule has 0 aliphatic carbocycles. The molecule has 1 rings (SSSR count). The van der Waals surface area contributed by atoms with Gasteiger partial charge in [0.1, 0.15) is 18.1 Å². The van der Waals surface area contributed by atoms with Crippen molar-refractivity contribution in [2.75, 3.05) is 11.5 Å². The predicted octanol–water partition coefficient (Wildman–Crippen LogP) is -0.389. The zero-order valence-corrected chi connectivity index (χ0v) is 19.2. The van der Waals surface area contributed by atoms with Gasteiger partial charge in [0, 0.05) is 17.9 Å². The lowest BCUT2D eigenvalue weighted by atomic mass is 10.0. The molecule has 11 heteroatoms. The van der Waals surface area contributed by atoms with Crippen molar-refractivity contribution < 1.29 is 24.3 Å². The second kappa shape index (κ2) is 13.2. The van der Waals surface area contributed by atoms with E-state index in [2.05, 4.69) is 41.2 Å².